The smallest absolute Gasteiger partial charge is 0.147 e. The van der Waals surface area contributed by atoms with Gasteiger partial charge in [-0.2, -0.15) is 0 Å². The van der Waals surface area contributed by atoms with Crippen LogP contribution < -0.4 is 4.74 Å². The van der Waals surface area contributed by atoms with Crippen LogP contribution in [0.25, 0.3) is 11.3 Å². The number of rotatable bonds is 6. The van der Waals surface area contributed by atoms with Crippen molar-refractivity contribution in [2.24, 2.45) is 0 Å². The first-order valence-electron chi connectivity index (χ1n) is 9.47. The number of hydrogen-bond donors (Lipinski definition) is 0. The number of ether oxygens (including phenoxy) is 1. The second-order valence-corrected chi connectivity index (χ2v) is 8.71. The zero-order valence-electron chi connectivity index (χ0n) is 15.1. The Bertz CT molecular complexity index is 1020. The van der Waals surface area contributed by atoms with Crippen molar-refractivity contribution in [3.05, 3.63) is 68.4 Å². The molecule has 0 bridgehead atoms. The molecule has 1 heterocycles. The first kappa shape index (κ1) is 18.4. The summed E-state index contributed by atoms with van der Waals surface area (Å²) in [6.45, 7) is 0.325. The predicted octanol–water partition coefficient (Wildman–Crippen LogP) is 7.64. The molecule has 2 saturated carbocycles. The van der Waals surface area contributed by atoms with Gasteiger partial charge in [-0.05, 0) is 61.4 Å². The summed E-state index contributed by atoms with van der Waals surface area (Å²) in [6, 6.07) is 11.4. The molecule has 0 atom stereocenters. The first-order chi connectivity index (χ1) is 13.6. The van der Waals surface area contributed by atoms with Gasteiger partial charge < -0.3 is 9.26 Å². The fourth-order valence-electron chi connectivity index (χ4n) is 3.53. The van der Waals surface area contributed by atoms with Gasteiger partial charge >= 0.3 is 0 Å². The normalized spacial score (nSPS) is 16.4. The Morgan fingerprint density at radius 2 is 1.64 bits per heavy atom. The lowest BCUT2D eigenvalue weighted by Gasteiger charge is -2.11. The van der Waals surface area contributed by atoms with Crippen molar-refractivity contribution < 1.29 is 9.26 Å². The van der Waals surface area contributed by atoms with Crippen LogP contribution in [-0.2, 0) is 6.61 Å². The number of halogens is 3. The van der Waals surface area contributed by atoms with Crippen LogP contribution >= 0.6 is 34.8 Å². The van der Waals surface area contributed by atoms with Crippen LogP contribution in [0.3, 0.4) is 0 Å². The van der Waals surface area contributed by atoms with Crippen LogP contribution in [-0.4, -0.2) is 5.16 Å². The van der Waals surface area contributed by atoms with E-state index < -0.39 is 0 Å². The maximum Gasteiger partial charge on any atom is 0.147 e. The van der Waals surface area contributed by atoms with Gasteiger partial charge in [-0.3, -0.25) is 0 Å². The topological polar surface area (TPSA) is 35.3 Å². The SMILES string of the molecule is Clc1cc(OCc2c(-c3c(Cl)cccc3Cl)noc2C2CC2)ccc1C1CC1. The molecule has 2 aliphatic carbocycles. The molecule has 0 amide bonds. The summed E-state index contributed by atoms with van der Waals surface area (Å²) in [7, 11) is 0. The molecule has 3 nitrogen and oxygen atoms in total. The predicted molar refractivity (Wildman–Crippen MR) is 112 cm³/mol. The molecule has 5 rings (SSSR count). The molecule has 144 valence electrons. The summed E-state index contributed by atoms with van der Waals surface area (Å²) < 4.78 is 11.8. The lowest BCUT2D eigenvalue weighted by atomic mass is 10.0. The third-order valence-corrected chi connectivity index (χ3v) is 6.30. The largest absolute Gasteiger partial charge is 0.489 e. The van der Waals surface area contributed by atoms with Crippen LogP contribution in [0, 0.1) is 0 Å². The van der Waals surface area contributed by atoms with Crippen molar-refractivity contribution in [3.63, 3.8) is 0 Å². The summed E-state index contributed by atoms with van der Waals surface area (Å²) in [5.74, 6) is 2.59. The molecular formula is C22H18Cl3NO2. The molecule has 6 heteroatoms. The first-order valence-corrected chi connectivity index (χ1v) is 10.6. The molecule has 28 heavy (non-hydrogen) atoms. The highest BCUT2D eigenvalue weighted by Crippen LogP contribution is 2.47. The molecule has 1 aromatic heterocycles. The van der Waals surface area contributed by atoms with Gasteiger partial charge in [0, 0.05) is 16.5 Å². The average Bonchev–Trinajstić information content (AvgIpc) is 3.59. The summed E-state index contributed by atoms with van der Waals surface area (Å²) in [5.41, 5.74) is 3.45. The second-order valence-electron chi connectivity index (χ2n) is 7.49. The fraction of sp³-hybridized carbons (Fsp3) is 0.318. The highest BCUT2D eigenvalue weighted by molar-refractivity contribution is 6.39. The third kappa shape index (κ3) is 3.52. The molecule has 3 aromatic rings. The Balaban J connectivity index is 1.46. The van der Waals surface area contributed by atoms with Gasteiger partial charge in [0.25, 0.3) is 0 Å². The van der Waals surface area contributed by atoms with Gasteiger partial charge in [0.15, 0.2) is 0 Å². The molecule has 0 spiro atoms. The van der Waals surface area contributed by atoms with E-state index in [1.807, 2.05) is 18.2 Å². The molecule has 0 unspecified atom stereocenters. The monoisotopic (exact) mass is 433 g/mol. The Kier molecular flexibility index (Phi) is 4.78. The van der Waals surface area contributed by atoms with Crippen LogP contribution in [0.4, 0.5) is 0 Å². The summed E-state index contributed by atoms with van der Waals surface area (Å²) in [4.78, 5) is 0. The summed E-state index contributed by atoms with van der Waals surface area (Å²) >= 11 is 19.3. The Morgan fingerprint density at radius 1 is 0.929 bits per heavy atom. The summed E-state index contributed by atoms with van der Waals surface area (Å²) in [5, 5.41) is 6.15. The average molecular weight is 435 g/mol. The standard InChI is InChI=1S/C22H18Cl3NO2/c23-17-2-1-3-18(24)20(17)21-16(22(28-26-21)13-6-7-13)11-27-14-8-9-15(12-4-5-12)19(25)10-14/h1-3,8-10,12-13H,4-7,11H2. The molecule has 0 radical (unpaired) electrons. The van der Waals surface area contributed by atoms with E-state index in [9.17, 15) is 0 Å². The van der Waals surface area contributed by atoms with Gasteiger partial charge in [0.05, 0.1) is 15.6 Å². The van der Waals surface area contributed by atoms with Gasteiger partial charge in [-0.15, -0.1) is 0 Å². The van der Waals surface area contributed by atoms with Crippen molar-refractivity contribution in [3.8, 4) is 17.0 Å². The van der Waals surface area contributed by atoms with Crippen LogP contribution in [0.5, 0.6) is 5.75 Å². The Hall–Kier alpha value is -1.68. The molecule has 2 aromatic carbocycles. The lowest BCUT2D eigenvalue weighted by molar-refractivity contribution is 0.300. The van der Waals surface area contributed by atoms with E-state index >= 15 is 0 Å². The fourth-order valence-corrected chi connectivity index (χ4v) is 4.43. The maximum absolute atomic E-state index is 6.44. The van der Waals surface area contributed by atoms with E-state index in [1.165, 1.54) is 18.4 Å². The van der Waals surface area contributed by atoms with Gasteiger partial charge in [0.1, 0.15) is 23.8 Å². The van der Waals surface area contributed by atoms with Crippen LogP contribution in [0.15, 0.2) is 40.9 Å². The minimum atomic E-state index is 0.325. The quantitative estimate of drug-likeness (QED) is 0.400. The molecular weight excluding hydrogens is 417 g/mol. The second kappa shape index (κ2) is 7.29. The Labute approximate surface area is 178 Å². The number of nitrogens with zero attached hydrogens (tertiary/aromatic N) is 1. The van der Waals surface area contributed by atoms with Crippen molar-refractivity contribution in [1.29, 1.82) is 0 Å². The highest BCUT2D eigenvalue weighted by atomic mass is 35.5. The van der Waals surface area contributed by atoms with Gasteiger partial charge in [-0.25, -0.2) is 0 Å². The van der Waals surface area contributed by atoms with Crippen molar-refractivity contribution in [2.45, 2.75) is 44.1 Å². The zero-order valence-corrected chi connectivity index (χ0v) is 17.3. The zero-order chi connectivity index (χ0) is 19.3. The Morgan fingerprint density at radius 3 is 2.29 bits per heavy atom. The number of benzene rings is 2. The molecule has 0 aliphatic heterocycles. The van der Waals surface area contributed by atoms with Crippen molar-refractivity contribution in [2.75, 3.05) is 0 Å². The van der Waals surface area contributed by atoms with Crippen LogP contribution in [0.2, 0.25) is 15.1 Å². The number of hydrogen-bond acceptors (Lipinski definition) is 3. The van der Waals surface area contributed by atoms with Crippen LogP contribution in [0.1, 0.15) is 54.4 Å². The lowest BCUT2D eigenvalue weighted by Crippen LogP contribution is -2.00. The molecule has 2 aliphatic rings. The molecule has 0 saturated heterocycles. The van der Waals surface area contributed by atoms with Crippen molar-refractivity contribution in [1.82, 2.24) is 5.16 Å². The van der Waals surface area contributed by atoms with E-state index in [-0.39, 0.29) is 0 Å². The van der Waals surface area contributed by atoms with E-state index in [1.54, 1.807) is 12.1 Å². The van der Waals surface area contributed by atoms with E-state index in [0.717, 1.165) is 34.9 Å². The minimum Gasteiger partial charge on any atom is -0.489 e. The third-order valence-electron chi connectivity index (χ3n) is 5.34. The maximum atomic E-state index is 6.44. The highest BCUT2D eigenvalue weighted by Gasteiger charge is 2.33. The van der Waals surface area contributed by atoms with Gasteiger partial charge in [-0.1, -0.05) is 52.1 Å². The molecule has 2 fully saturated rings. The molecule has 0 N–H and O–H groups in total. The van der Waals surface area contributed by atoms with Gasteiger partial charge in [0.2, 0.25) is 0 Å². The van der Waals surface area contributed by atoms with E-state index in [2.05, 4.69) is 11.2 Å². The van der Waals surface area contributed by atoms with E-state index in [4.69, 9.17) is 44.1 Å². The summed E-state index contributed by atoms with van der Waals surface area (Å²) in [6.07, 6.45) is 4.63. The minimum absolute atomic E-state index is 0.325. The van der Waals surface area contributed by atoms with Crippen molar-refractivity contribution >= 4 is 34.8 Å². The van der Waals surface area contributed by atoms with E-state index in [0.29, 0.717) is 39.7 Å². The number of aromatic nitrogens is 1.